The zero-order valence-electron chi connectivity index (χ0n) is 10.3. The molecule has 96 valence electrons. The van der Waals surface area contributed by atoms with E-state index in [1.165, 1.54) is 6.07 Å². The number of halogens is 2. The highest BCUT2D eigenvalue weighted by Crippen LogP contribution is 2.26. The van der Waals surface area contributed by atoms with Crippen molar-refractivity contribution in [2.75, 3.05) is 7.05 Å². The van der Waals surface area contributed by atoms with Gasteiger partial charge in [0.25, 0.3) is 0 Å². The van der Waals surface area contributed by atoms with Crippen LogP contribution in [-0.4, -0.2) is 16.8 Å². The maximum Gasteiger partial charge on any atom is 0.128 e. The topological polar surface area (TPSA) is 29.9 Å². The minimum absolute atomic E-state index is 0.204. The summed E-state index contributed by atoms with van der Waals surface area (Å²) in [5.41, 5.74) is 1.57. The summed E-state index contributed by atoms with van der Waals surface area (Å²) in [6, 6.07) is 6.66. The molecule has 0 fully saturated rings. The van der Waals surface area contributed by atoms with Crippen molar-refractivity contribution in [3.63, 3.8) is 0 Å². The summed E-state index contributed by atoms with van der Waals surface area (Å²) in [7, 11) is 1.82. The first kappa shape index (κ1) is 13.2. The van der Waals surface area contributed by atoms with E-state index in [0.29, 0.717) is 5.56 Å². The molecule has 2 aromatic rings. The number of nitrogens with zero attached hydrogens (tertiary/aromatic N) is 2. The van der Waals surface area contributed by atoms with Crippen molar-refractivity contribution < 1.29 is 4.39 Å². The van der Waals surface area contributed by atoms with E-state index in [4.69, 9.17) is 0 Å². The molecule has 1 heterocycles. The number of aryl methyl sites for hydroxylation is 1. The molecular weight excluding hydrogens is 297 g/mol. The smallest absolute Gasteiger partial charge is 0.128 e. The Morgan fingerprint density at radius 2 is 2.22 bits per heavy atom. The largest absolute Gasteiger partial charge is 0.308 e. The molecule has 0 radical (unpaired) electrons. The Kier molecular flexibility index (Phi) is 4.14. The monoisotopic (exact) mass is 311 g/mol. The van der Waals surface area contributed by atoms with Gasteiger partial charge in [-0.15, -0.1) is 0 Å². The summed E-state index contributed by atoms with van der Waals surface area (Å²) in [5, 5.41) is 7.37. The molecule has 3 nitrogen and oxygen atoms in total. The van der Waals surface area contributed by atoms with Crippen molar-refractivity contribution >= 4 is 15.9 Å². The van der Waals surface area contributed by atoms with Crippen molar-refractivity contribution in [1.29, 1.82) is 0 Å². The number of aromatic nitrogens is 2. The Morgan fingerprint density at radius 1 is 1.44 bits per heavy atom. The van der Waals surface area contributed by atoms with Gasteiger partial charge in [-0.3, -0.25) is 4.68 Å². The van der Waals surface area contributed by atoms with Crippen molar-refractivity contribution in [2.24, 2.45) is 0 Å². The number of nitrogens with one attached hydrogen (secondary N) is 1. The molecule has 0 aliphatic rings. The fourth-order valence-corrected chi connectivity index (χ4v) is 2.43. The number of hydrogen-bond donors (Lipinski definition) is 1. The third-order valence-electron chi connectivity index (χ3n) is 2.90. The van der Waals surface area contributed by atoms with E-state index in [1.807, 2.05) is 24.7 Å². The predicted octanol–water partition coefficient (Wildman–Crippen LogP) is 3.11. The summed E-state index contributed by atoms with van der Waals surface area (Å²) in [6.07, 6.45) is 1.74. The Morgan fingerprint density at radius 3 is 2.89 bits per heavy atom. The van der Waals surface area contributed by atoms with Crippen LogP contribution in [0.15, 0.2) is 34.9 Å². The van der Waals surface area contributed by atoms with Crippen molar-refractivity contribution in [2.45, 2.75) is 19.5 Å². The summed E-state index contributed by atoms with van der Waals surface area (Å²) >= 11 is 3.38. The molecule has 1 aromatic carbocycles. The van der Waals surface area contributed by atoms with Crippen LogP contribution in [0, 0.1) is 5.82 Å². The van der Waals surface area contributed by atoms with Gasteiger partial charge in [-0.05, 0) is 38.2 Å². The van der Waals surface area contributed by atoms with Gasteiger partial charge in [0.05, 0.1) is 11.7 Å². The van der Waals surface area contributed by atoms with E-state index in [1.54, 1.807) is 18.3 Å². The highest BCUT2D eigenvalue weighted by Gasteiger charge is 2.19. The van der Waals surface area contributed by atoms with Gasteiger partial charge in [0.2, 0.25) is 0 Å². The Bertz CT molecular complexity index is 539. The summed E-state index contributed by atoms with van der Waals surface area (Å²) in [5.74, 6) is -0.221. The van der Waals surface area contributed by atoms with Gasteiger partial charge < -0.3 is 5.32 Å². The van der Waals surface area contributed by atoms with Crippen LogP contribution in [-0.2, 0) is 6.54 Å². The fraction of sp³-hybridized carbons (Fsp3) is 0.308. The maximum absolute atomic E-state index is 13.9. The SMILES string of the molecule is CCn1nccc1C(NC)c1cc(Br)ccc1F. The average Bonchev–Trinajstić information content (AvgIpc) is 2.83. The first-order chi connectivity index (χ1) is 8.67. The van der Waals surface area contributed by atoms with Crippen LogP contribution in [0.2, 0.25) is 0 Å². The third-order valence-corrected chi connectivity index (χ3v) is 3.40. The molecule has 1 unspecified atom stereocenters. The van der Waals surface area contributed by atoms with Crippen LogP contribution in [0.3, 0.4) is 0 Å². The van der Waals surface area contributed by atoms with Crippen LogP contribution in [0.4, 0.5) is 4.39 Å². The van der Waals surface area contributed by atoms with Gasteiger partial charge in [0, 0.05) is 22.8 Å². The van der Waals surface area contributed by atoms with Crippen LogP contribution < -0.4 is 5.32 Å². The molecule has 0 aliphatic carbocycles. The van der Waals surface area contributed by atoms with Gasteiger partial charge in [-0.25, -0.2) is 4.39 Å². The normalized spacial score (nSPS) is 12.7. The molecule has 0 saturated heterocycles. The van der Waals surface area contributed by atoms with E-state index in [0.717, 1.165) is 16.7 Å². The summed E-state index contributed by atoms with van der Waals surface area (Å²) in [4.78, 5) is 0. The first-order valence-electron chi connectivity index (χ1n) is 5.81. The van der Waals surface area contributed by atoms with Gasteiger partial charge in [0.1, 0.15) is 5.82 Å². The zero-order valence-corrected chi connectivity index (χ0v) is 11.9. The van der Waals surface area contributed by atoms with E-state index in [2.05, 4.69) is 26.3 Å². The Labute approximate surface area is 114 Å². The van der Waals surface area contributed by atoms with Crippen molar-refractivity contribution in [1.82, 2.24) is 15.1 Å². The first-order valence-corrected chi connectivity index (χ1v) is 6.60. The average molecular weight is 312 g/mol. The molecule has 5 heteroatoms. The maximum atomic E-state index is 13.9. The highest BCUT2D eigenvalue weighted by molar-refractivity contribution is 9.10. The van der Waals surface area contributed by atoms with Gasteiger partial charge in [0.15, 0.2) is 0 Å². The van der Waals surface area contributed by atoms with Crippen LogP contribution in [0.25, 0.3) is 0 Å². The molecule has 18 heavy (non-hydrogen) atoms. The van der Waals surface area contributed by atoms with E-state index in [9.17, 15) is 4.39 Å². The van der Waals surface area contributed by atoms with Gasteiger partial charge in [-0.2, -0.15) is 5.10 Å². The van der Waals surface area contributed by atoms with Gasteiger partial charge in [-0.1, -0.05) is 15.9 Å². The Balaban J connectivity index is 2.48. The predicted molar refractivity (Wildman–Crippen MR) is 72.9 cm³/mol. The number of rotatable bonds is 4. The minimum atomic E-state index is -0.221. The van der Waals surface area contributed by atoms with E-state index in [-0.39, 0.29) is 11.9 Å². The molecule has 0 bridgehead atoms. The molecule has 1 aromatic heterocycles. The molecule has 1 N–H and O–H groups in total. The molecule has 0 amide bonds. The molecule has 1 atom stereocenters. The lowest BCUT2D eigenvalue weighted by Gasteiger charge is -2.19. The lowest BCUT2D eigenvalue weighted by molar-refractivity contribution is 0.532. The second kappa shape index (κ2) is 5.63. The highest BCUT2D eigenvalue weighted by atomic mass is 79.9. The zero-order chi connectivity index (χ0) is 13.1. The standard InChI is InChI=1S/C13H15BrFN3/c1-3-18-12(6-7-17-18)13(16-2)10-8-9(14)4-5-11(10)15/h4-8,13,16H,3H2,1-2H3. The van der Waals surface area contributed by atoms with Gasteiger partial charge >= 0.3 is 0 Å². The molecule has 0 saturated carbocycles. The summed E-state index contributed by atoms with van der Waals surface area (Å²) in [6.45, 7) is 2.77. The fourth-order valence-electron chi connectivity index (χ4n) is 2.05. The molecule has 0 aliphatic heterocycles. The van der Waals surface area contributed by atoms with E-state index >= 15 is 0 Å². The summed E-state index contributed by atoms with van der Waals surface area (Å²) < 4.78 is 16.7. The lowest BCUT2D eigenvalue weighted by atomic mass is 10.0. The lowest BCUT2D eigenvalue weighted by Crippen LogP contribution is -2.22. The number of hydrogen-bond acceptors (Lipinski definition) is 2. The van der Waals surface area contributed by atoms with Crippen LogP contribution in [0.1, 0.15) is 24.2 Å². The van der Waals surface area contributed by atoms with E-state index < -0.39 is 0 Å². The van der Waals surface area contributed by atoms with Crippen LogP contribution in [0.5, 0.6) is 0 Å². The number of benzene rings is 1. The van der Waals surface area contributed by atoms with Crippen LogP contribution >= 0.6 is 15.9 Å². The third kappa shape index (κ3) is 2.47. The van der Waals surface area contributed by atoms with Crippen molar-refractivity contribution in [3.05, 3.63) is 52.0 Å². The molecular formula is C13H15BrFN3. The second-order valence-electron chi connectivity index (χ2n) is 3.96. The Hall–Kier alpha value is -1.20. The molecule has 0 spiro atoms. The second-order valence-corrected chi connectivity index (χ2v) is 4.88. The minimum Gasteiger partial charge on any atom is -0.308 e. The quantitative estimate of drug-likeness (QED) is 0.940. The molecule has 2 rings (SSSR count). The van der Waals surface area contributed by atoms with Crippen molar-refractivity contribution in [3.8, 4) is 0 Å².